The minimum absolute atomic E-state index is 0.219. The van der Waals surface area contributed by atoms with Gasteiger partial charge in [-0.05, 0) is 30.9 Å². The topological polar surface area (TPSA) is 12.0 Å². The van der Waals surface area contributed by atoms with Gasteiger partial charge in [-0.2, -0.15) is 0 Å². The van der Waals surface area contributed by atoms with Crippen LogP contribution in [-0.2, 0) is 5.41 Å². The van der Waals surface area contributed by atoms with Crippen LogP contribution in [0.15, 0.2) is 36.9 Å². The first kappa shape index (κ1) is 10.9. The second-order valence-electron chi connectivity index (χ2n) is 5.78. The quantitative estimate of drug-likeness (QED) is 0.744. The molecule has 1 aliphatic carbocycles. The van der Waals surface area contributed by atoms with Gasteiger partial charge in [0.1, 0.15) is 0 Å². The van der Waals surface area contributed by atoms with Crippen molar-refractivity contribution in [2.75, 3.05) is 5.32 Å². The zero-order valence-electron chi connectivity index (χ0n) is 10.6. The first-order valence-corrected chi connectivity index (χ1v) is 6.70. The second-order valence-corrected chi connectivity index (χ2v) is 5.78. The Kier molecular flexibility index (Phi) is 2.32. The molecule has 0 saturated heterocycles. The van der Waals surface area contributed by atoms with Gasteiger partial charge in [0.2, 0.25) is 0 Å². The number of anilines is 1. The number of rotatable bonds is 2. The lowest BCUT2D eigenvalue weighted by atomic mass is 9.60. The van der Waals surface area contributed by atoms with Gasteiger partial charge in [-0.3, -0.25) is 0 Å². The number of fused-ring (bicyclic) bond motifs is 3. The summed E-state index contributed by atoms with van der Waals surface area (Å²) in [6.45, 7) is 6.40. The van der Waals surface area contributed by atoms with E-state index in [1.54, 1.807) is 0 Å². The molecule has 2 unspecified atom stereocenters. The molecule has 3 rings (SSSR count). The molecule has 1 aliphatic heterocycles. The summed E-state index contributed by atoms with van der Waals surface area (Å²) >= 11 is 0. The average molecular weight is 227 g/mol. The maximum absolute atomic E-state index is 3.96. The Morgan fingerprint density at radius 3 is 2.88 bits per heavy atom. The van der Waals surface area contributed by atoms with Gasteiger partial charge < -0.3 is 5.32 Å². The highest BCUT2D eigenvalue weighted by molar-refractivity contribution is 5.65. The Morgan fingerprint density at radius 1 is 1.29 bits per heavy atom. The van der Waals surface area contributed by atoms with Crippen LogP contribution in [0.25, 0.3) is 0 Å². The molecule has 1 nitrogen and oxygen atoms in total. The molecule has 2 aliphatic rings. The molecule has 1 aromatic carbocycles. The molecule has 90 valence electrons. The standard InChI is InChI=1S/C16H21N/c1-3-10-16-12-7-6-11-15(16,2)13-8-4-5-9-14(13)17-16/h3-5,8-9,17H,1,6-7,10-12H2,2H3. The summed E-state index contributed by atoms with van der Waals surface area (Å²) in [6.07, 6.45) is 8.41. The first-order valence-electron chi connectivity index (χ1n) is 6.70. The van der Waals surface area contributed by atoms with Gasteiger partial charge in [0.25, 0.3) is 0 Å². The predicted octanol–water partition coefficient (Wildman–Crippen LogP) is 4.26. The Bertz CT molecular complexity index is 451. The van der Waals surface area contributed by atoms with Crippen molar-refractivity contribution >= 4 is 5.69 Å². The molecule has 1 saturated carbocycles. The third-order valence-corrected chi connectivity index (χ3v) is 4.97. The summed E-state index contributed by atoms with van der Waals surface area (Å²) in [5.41, 5.74) is 3.37. The van der Waals surface area contributed by atoms with Gasteiger partial charge in [0.05, 0.1) is 5.54 Å². The summed E-state index contributed by atoms with van der Waals surface area (Å²) in [4.78, 5) is 0. The van der Waals surface area contributed by atoms with E-state index in [9.17, 15) is 0 Å². The highest BCUT2D eigenvalue weighted by atomic mass is 15.1. The van der Waals surface area contributed by atoms with Crippen LogP contribution >= 0.6 is 0 Å². The molecule has 17 heavy (non-hydrogen) atoms. The van der Waals surface area contributed by atoms with Crippen molar-refractivity contribution in [1.82, 2.24) is 0 Å². The second kappa shape index (κ2) is 3.63. The summed E-state index contributed by atoms with van der Waals surface area (Å²) < 4.78 is 0. The van der Waals surface area contributed by atoms with Crippen LogP contribution in [0.4, 0.5) is 5.69 Å². The molecule has 0 radical (unpaired) electrons. The summed E-state index contributed by atoms with van der Waals surface area (Å²) in [7, 11) is 0. The van der Waals surface area contributed by atoms with Crippen LogP contribution in [-0.4, -0.2) is 5.54 Å². The van der Waals surface area contributed by atoms with Crippen LogP contribution < -0.4 is 5.32 Å². The van der Waals surface area contributed by atoms with Crippen LogP contribution in [0.1, 0.15) is 44.6 Å². The number of hydrogen-bond acceptors (Lipinski definition) is 1. The van der Waals surface area contributed by atoms with Crippen LogP contribution in [0.3, 0.4) is 0 Å². The third kappa shape index (κ3) is 1.31. The van der Waals surface area contributed by atoms with E-state index < -0.39 is 0 Å². The van der Waals surface area contributed by atoms with Gasteiger partial charge in [-0.15, -0.1) is 6.58 Å². The van der Waals surface area contributed by atoms with E-state index >= 15 is 0 Å². The largest absolute Gasteiger partial charge is 0.378 e. The molecule has 0 bridgehead atoms. The first-order chi connectivity index (χ1) is 8.22. The normalized spacial score (nSPS) is 34.6. The van der Waals surface area contributed by atoms with Gasteiger partial charge in [0, 0.05) is 11.1 Å². The molecule has 1 N–H and O–H groups in total. The van der Waals surface area contributed by atoms with Gasteiger partial charge in [-0.25, -0.2) is 0 Å². The lowest BCUT2D eigenvalue weighted by Crippen LogP contribution is -2.52. The molecular weight excluding hydrogens is 206 g/mol. The zero-order chi connectivity index (χ0) is 11.9. The van der Waals surface area contributed by atoms with Crippen molar-refractivity contribution < 1.29 is 0 Å². The maximum atomic E-state index is 3.96. The van der Waals surface area contributed by atoms with Gasteiger partial charge in [0.15, 0.2) is 0 Å². The van der Waals surface area contributed by atoms with Crippen molar-refractivity contribution in [1.29, 1.82) is 0 Å². The van der Waals surface area contributed by atoms with E-state index in [0.29, 0.717) is 0 Å². The average Bonchev–Trinajstić information content (AvgIpc) is 2.59. The Balaban J connectivity index is 2.13. The van der Waals surface area contributed by atoms with Crippen LogP contribution in [0, 0.1) is 0 Å². The van der Waals surface area contributed by atoms with Gasteiger partial charge >= 0.3 is 0 Å². The number of hydrogen-bond donors (Lipinski definition) is 1. The van der Waals surface area contributed by atoms with E-state index in [1.165, 1.54) is 36.9 Å². The molecule has 1 fully saturated rings. The van der Waals surface area contributed by atoms with Crippen molar-refractivity contribution in [2.45, 2.75) is 50.0 Å². The van der Waals surface area contributed by atoms with Crippen molar-refractivity contribution in [2.24, 2.45) is 0 Å². The minimum atomic E-state index is 0.219. The van der Waals surface area contributed by atoms with Crippen molar-refractivity contribution in [3.05, 3.63) is 42.5 Å². The van der Waals surface area contributed by atoms with Gasteiger partial charge in [-0.1, -0.05) is 44.0 Å². The fourth-order valence-electron chi connectivity index (χ4n) is 3.97. The van der Waals surface area contributed by atoms with Crippen molar-refractivity contribution in [3.8, 4) is 0 Å². The minimum Gasteiger partial charge on any atom is -0.378 e. The molecular formula is C16H21N. The fraction of sp³-hybridized carbons (Fsp3) is 0.500. The molecule has 2 atom stereocenters. The number of nitrogens with one attached hydrogen (secondary N) is 1. The lowest BCUT2D eigenvalue weighted by molar-refractivity contribution is 0.197. The summed E-state index contributed by atoms with van der Waals surface area (Å²) in [5, 5.41) is 3.82. The monoisotopic (exact) mass is 227 g/mol. The zero-order valence-corrected chi connectivity index (χ0v) is 10.6. The summed E-state index contributed by atoms with van der Waals surface area (Å²) in [5.74, 6) is 0. The Labute approximate surface area is 104 Å². The highest BCUT2D eigenvalue weighted by Gasteiger charge is 2.54. The van der Waals surface area contributed by atoms with E-state index in [0.717, 1.165) is 6.42 Å². The Morgan fingerprint density at radius 2 is 2.06 bits per heavy atom. The molecule has 0 spiro atoms. The fourth-order valence-corrected chi connectivity index (χ4v) is 3.97. The Hall–Kier alpha value is -1.24. The number of benzene rings is 1. The maximum Gasteiger partial charge on any atom is 0.0502 e. The SMILES string of the molecule is C=CCC12CCCCC1(C)c1ccccc1N2. The van der Waals surface area contributed by atoms with E-state index in [-0.39, 0.29) is 11.0 Å². The van der Waals surface area contributed by atoms with E-state index in [4.69, 9.17) is 0 Å². The van der Waals surface area contributed by atoms with E-state index in [2.05, 4.69) is 49.2 Å². The van der Waals surface area contributed by atoms with Crippen molar-refractivity contribution in [3.63, 3.8) is 0 Å². The van der Waals surface area contributed by atoms with Crippen LogP contribution in [0.2, 0.25) is 0 Å². The lowest BCUT2D eigenvalue weighted by Gasteiger charge is -2.47. The van der Waals surface area contributed by atoms with Crippen LogP contribution in [0.5, 0.6) is 0 Å². The smallest absolute Gasteiger partial charge is 0.0502 e. The molecule has 1 heteroatoms. The summed E-state index contributed by atoms with van der Waals surface area (Å²) in [6, 6.07) is 8.83. The molecule has 0 amide bonds. The third-order valence-electron chi connectivity index (χ3n) is 4.97. The number of para-hydroxylation sites is 1. The van der Waals surface area contributed by atoms with E-state index in [1.807, 2.05) is 0 Å². The molecule has 1 aromatic rings. The highest BCUT2D eigenvalue weighted by Crippen LogP contribution is 2.56. The predicted molar refractivity (Wildman–Crippen MR) is 73.4 cm³/mol. The molecule has 0 aromatic heterocycles. The molecule has 1 heterocycles.